The summed E-state index contributed by atoms with van der Waals surface area (Å²) in [7, 11) is 0. The molecule has 0 radical (unpaired) electrons. The molecule has 41 nitrogen and oxygen atoms in total. The Bertz CT molecular complexity index is 3100. The van der Waals surface area contributed by atoms with E-state index in [0.717, 1.165) is 91.4 Å². The van der Waals surface area contributed by atoms with E-state index in [4.69, 9.17) is 47.4 Å². The largest absolute Gasteiger partial charge is 0.477 e. The van der Waals surface area contributed by atoms with E-state index in [9.17, 15) is 136 Å². The summed E-state index contributed by atoms with van der Waals surface area (Å²) in [6.07, 6.45) is -22.9. The fourth-order valence-corrected chi connectivity index (χ4v) is 16.1. The normalized spacial score (nSPS) is 32.8. The molecule has 5 saturated heterocycles. The molecule has 4 amide bonds. The lowest BCUT2D eigenvalue weighted by molar-refractivity contribution is -0.388. The van der Waals surface area contributed by atoms with E-state index < -0.39 is 277 Å². The Morgan fingerprint density at radius 1 is 0.434 bits per heavy atom. The molecule has 41 heteroatoms. The molecule has 708 valence electrons. The first-order valence-electron chi connectivity index (χ1n) is 43.3. The zero-order chi connectivity index (χ0) is 90.6. The quantitative estimate of drug-likeness (QED) is 0.0221. The number of amides is 4. The Morgan fingerprint density at radius 2 is 0.820 bits per heavy atom. The van der Waals surface area contributed by atoms with Crippen molar-refractivity contribution in [2.24, 2.45) is 0 Å². The molecule has 0 saturated carbocycles. The molecule has 122 heavy (non-hydrogen) atoms. The number of hydrogen-bond acceptors (Lipinski definition) is 34. The van der Waals surface area contributed by atoms with Gasteiger partial charge in [-0.1, -0.05) is 161 Å². The van der Waals surface area contributed by atoms with E-state index in [1.54, 1.807) is 0 Å². The highest BCUT2D eigenvalue weighted by atomic mass is 16.8. The number of hydrogen-bond donors (Lipinski definition) is 24. The zero-order valence-corrected chi connectivity index (χ0v) is 70.8. The molecule has 30 atom stereocenters. The smallest absolute Gasteiger partial charge is 0.364 e. The van der Waals surface area contributed by atoms with Crippen LogP contribution in [0.1, 0.15) is 234 Å². The average Bonchev–Trinajstić information content (AvgIpc) is 0.750. The molecule has 5 rings (SSSR count). The summed E-state index contributed by atoms with van der Waals surface area (Å²) in [5, 5.41) is 235. The molecule has 5 aliphatic heterocycles. The van der Waals surface area contributed by atoms with Crippen molar-refractivity contribution in [2.45, 2.75) is 416 Å². The summed E-state index contributed by atoms with van der Waals surface area (Å²) in [5.41, 5.74) is 0. The molecule has 0 aromatic heterocycles. The van der Waals surface area contributed by atoms with Crippen molar-refractivity contribution in [3.63, 3.8) is 0 Å². The lowest BCUT2D eigenvalue weighted by Crippen LogP contribution is -2.72. The van der Waals surface area contributed by atoms with Crippen LogP contribution in [0.4, 0.5) is 0 Å². The summed E-state index contributed by atoms with van der Waals surface area (Å²) in [6, 6.07) is -6.94. The standard InChI is InChI=1S/C81H142N4O37/c1-6-8-10-12-14-16-18-20-21-23-25-27-29-31-33-35-58(99)85-48(49(94)34-32-30-28-26-24-22-19-17-15-13-11-9-7-2)44-113-74-67(105)66(104)69(57(43-90)115-74)116-75-68(106)73(63(101)54(40-87)114-75)122-81(78(111)112)38-52(97)61(84-47(5)93)72(121-81)65(103)56(42-89)118-80(77(109)110)37-51(96)60(83-46(4)92)71(120-80)64(102)55(41-88)117-79(76(107)108)36-50(95)59(82-45(3)91)70(119-79)62(100)53(98)39-86/h20-21,48-57,59-75,86-90,94-98,100-106H,6-19,22-44H2,1-5H3,(H,82,91)(H,83,92)(H,84,93)(H,85,99)(H,107,108)(H,109,110)(H,111,112). The topological polar surface area (TPSA) is 665 Å². The van der Waals surface area contributed by atoms with E-state index in [1.807, 2.05) is 0 Å². The molecule has 0 aromatic rings. The highest BCUT2D eigenvalue weighted by Crippen LogP contribution is 2.43. The van der Waals surface area contributed by atoms with Gasteiger partial charge in [-0.2, -0.15) is 0 Å². The summed E-state index contributed by atoms with van der Waals surface area (Å²) in [5.74, 6) is -20.6. The molecular weight excluding hydrogens is 1620 g/mol. The van der Waals surface area contributed by atoms with Crippen LogP contribution in [0.15, 0.2) is 12.2 Å². The van der Waals surface area contributed by atoms with Gasteiger partial charge in [0.15, 0.2) is 12.6 Å². The fraction of sp³-hybridized carbons (Fsp3) is 0.889. The molecule has 0 spiro atoms. The number of allylic oxidation sites excluding steroid dienone is 2. The van der Waals surface area contributed by atoms with Gasteiger partial charge in [0.2, 0.25) is 23.6 Å². The van der Waals surface area contributed by atoms with Crippen LogP contribution >= 0.6 is 0 Å². The highest BCUT2D eigenvalue weighted by Gasteiger charge is 2.64. The monoisotopic (exact) mass is 1760 g/mol. The van der Waals surface area contributed by atoms with Crippen molar-refractivity contribution in [1.29, 1.82) is 0 Å². The van der Waals surface area contributed by atoms with E-state index in [0.29, 0.717) is 12.8 Å². The van der Waals surface area contributed by atoms with Crippen molar-refractivity contribution in [3.8, 4) is 0 Å². The Morgan fingerprint density at radius 3 is 1.22 bits per heavy atom. The molecule has 24 N–H and O–H groups in total. The van der Waals surface area contributed by atoms with Gasteiger partial charge in [-0.05, 0) is 38.5 Å². The van der Waals surface area contributed by atoms with Crippen LogP contribution in [-0.2, 0) is 80.9 Å². The van der Waals surface area contributed by atoms with Crippen molar-refractivity contribution < 1.29 is 183 Å². The Labute approximate surface area is 711 Å². The van der Waals surface area contributed by atoms with Gasteiger partial charge >= 0.3 is 17.9 Å². The van der Waals surface area contributed by atoms with Crippen molar-refractivity contribution in [3.05, 3.63) is 12.2 Å². The van der Waals surface area contributed by atoms with Crippen LogP contribution < -0.4 is 21.3 Å². The maximum absolute atomic E-state index is 13.8. The fourth-order valence-electron chi connectivity index (χ4n) is 16.1. The maximum Gasteiger partial charge on any atom is 0.364 e. The summed E-state index contributed by atoms with van der Waals surface area (Å²) in [6.45, 7) is -0.0309. The summed E-state index contributed by atoms with van der Waals surface area (Å²) < 4.78 is 58.3. The first-order chi connectivity index (χ1) is 58.0. The van der Waals surface area contributed by atoms with Gasteiger partial charge in [-0.15, -0.1) is 0 Å². The second kappa shape index (κ2) is 54.3. The minimum atomic E-state index is -3.57. The highest BCUT2D eigenvalue weighted by molar-refractivity contribution is 5.79. The average molecular weight is 1760 g/mol. The van der Waals surface area contributed by atoms with Crippen molar-refractivity contribution in [2.75, 3.05) is 39.6 Å². The first kappa shape index (κ1) is 107. The third-order valence-corrected chi connectivity index (χ3v) is 23.0. The van der Waals surface area contributed by atoms with Gasteiger partial charge in [-0.3, -0.25) is 19.2 Å². The maximum atomic E-state index is 13.8. The zero-order valence-electron chi connectivity index (χ0n) is 70.8. The van der Waals surface area contributed by atoms with Crippen molar-refractivity contribution in [1.82, 2.24) is 21.3 Å². The second-order valence-corrected chi connectivity index (χ2v) is 32.9. The van der Waals surface area contributed by atoms with Crippen LogP contribution in [-0.4, -0.2) is 366 Å². The van der Waals surface area contributed by atoms with Gasteiger partial charge in [0.1, 0.15) is 104 Å². The first-order valence-corrected chi connectivity index (χ1v) is 43.3. The van der Waals surface area contributed by atoms with Crippen LogP contribution in [0.2, 0.25) is 0 Å². The Balaban J connectivity index is 1.35. The number of aliphatic hydroxyl groups excluding tert-OH is 17. The number of nitrogens with one attached hydrogen (secondary N) is 4. The van der Waals surface area contributed by atoms with E-state index in [1.165, 1.54) is 83.5 Å². The number of aliphatic carboxylic acids is 3. The van der Waals surface area contributed by atoms with Crippen LogP contribution in [0, 0.1) is 0 Å². The molecule has 30 unspecified atom stereocenters. The van der Waals surface area contributed by atoms with Gasteiger partial charge in [0.25, 0.3) is 17.4 Å². The number of carbonyl (C=O) groups excluding carboxylic acids is 4. The van der Waals surface area contributed by atoms with Gasteiger partial charge in [-0.25, -0.2) is 14.4 Å². The Kier molecular flexibility index (Phi) is 47.9. The third-order valence-electron chi connectivity index (χ3n) is 23.0. The third kappa shape index (κ3) is 31.7. The molecule has 5 aliphatic rings. The van der Waals surface area contributed by atoms with Crippen molar-refractivity contribution >= 4 is 41.5 Å². The molecule has 0 aromatic carbocycles. The number of carbonyl (C=O) groups is 7. The minimum Gasteiger partial charge on any atom is -0.477 e. The summed E-state index contributed by atoms with van der Waals surface area (Å²) in [4.78, 5) is 92.1. The predicted octanol–water partition coefficient (Wildman–Crippen LogP) is -2.49. The molecule has 5 heterocycles. The van der Waals surface area contributed by atoms with E-state index in [2.05, 4.69) is 47.3 Å². The predicted molar refractivity (Wildman–Crippen MR) is 424 cm³/mol. The number of rotatable bonds is 59. The lowest BCUT2D eigenvalue weighted by Gasteiger charge is -2.51. The molecule has 5 fully saturated rings. The minimum absolute atomic E-state index is 0.133. The SMILES string of the molecule is CCCCCCCCC=CCCCCCCCC(=O)NC(COC1OC(CO)C(OC2OC(CO)C(O)C(OC3(C(=O)O)CC(O)C(NC(C)=O)C(C(O)C(CO)OC4(C(=O)O)CC(O)C(NC(C)=O)C(C(O)C(CO)OC5(C(=O)O)CC(O)C(NC(C)=O)C(C(O)C(O)CO)O5)O4)O3)C2O)C(O)C1O)C(O)CCCCCCCCCCCCCCC. The Hall–Kier alpha value is -5.05. The molecule has 0 bridgehead atoms. The van der Waals surface area contributed by atoms with Gasteiger partial charge in [0, 0.05) is 46.5 Å². The molecular formula is C81H142N4O37. The lowest BCUT2D eigenvalue weighted by atomic mass is 9.86. The molecule has 0 aliphatic carbocycles. The number of aliphatic hydroxyl groups is 17. The number of unbranched alkanes of at least 4 members (excludes halogenated alkanes) is 23. The van der Waals surface area contributed by atoms with Crippen LogP contribution in [0.5, 0.6) is 0 Å². The van der Waals surface area contributed by atoms with Crippen LogP contribution in [0.25, 0.3) is 0 Å². The number of carboxylic acids is 3. The van der Waals surface area contributed by atoms with Gasteiger partial charge in [0.05, 0.1) is 88.2 Å². The second-order valence-electron chi connectivity index (χ2n) is 32.9. The van der Waals surface area contributed by atoms with Gasteiger partial charge < -0.3 is 171 Å². The summed E-state index contributed by atoms with van der Waals surface area (Å²) >= 11 is 0. The van der Waals surface area contributed by atoms with E-state index in [-0.39, 0.29) is 18.7 Å². The number of carboxylic acid groups (broad SMARTS) is 3. The number of ether oxygens (including phenoxy) is 10. The van der Waals surface area contributed by atoms with Crippen LogP contribution in [0.3, 0.4) is 0 Å². The van der Waals surface area contributed by atoms with E-state index >= 15 is 0 Å².